The van der Waals surface area contributed by atoms with Crippen molar-refractivity contribution in [3.05, 3.63) is 29.8 Å². The molecule has 1 rings (SSSR count). The highest BCUT2D eigenvalue weighted by Gasteiger charge is 1.99. The van der Waals surface area contributed by atoms with Gasteiger partial charge in [-0.3, -0.25) is 5.41 Å². The van der Waals surface area contributed by atoms with Gasteiger partial charge in [-0.05, 0) is 6.07 Å². The summed E-state index contributed by atoms with van der Waals surface area (Å²) in [7, 11) is 0. The Kier molecular flexibility index (Phi) is 2.35. The first-order valence-corrected chi connectivity index (χ1v) is 3.57. The summed E-state index contributed by atoms with van der Waals surface area (Å²) in [4.78, 5) is 0.738. The molecule has 0 heterocycles. The molecule has 0 aromatic heterocycles. The van der Waals surface area contributed by atoms with Gasteiger partial charge in [0.15, 0.2) is 0 Å². The third-order valence-electron chi connectivity index (χ3n) is 1.14. The summed E-state index contributed by atoms with van der Waals surface area (Å²) in [6.45, 7) is 0. The number of hydrogen-bond acceptors (Lipinski definition) is 2. The molecule has 0 radical (unpaired) electrons. The Bertz CT molecular complexity index is 260. The number of hydrogen-bond donors (Lipinski definition) is 2. The zero-order valence-corrected chi connectivity index (χ0v) is 6.78. The van der Waals surface area contributed by atoms with Crippen LogP contribution in [0.25, 0.3) is 0 Å². The van der Waals surface area contributed by atoms with E-state index in [4.69, 9.17) is 17.0 Å². The Morgan fingerprint density at radius 2 is 2.00 bits per heavy atom. The van der Waals surface area contributed by atoms with Crippen LogP contribution in [-0.4, -0.2) is 5.17 Å². The van der Waals surface area contributed by atoms with Gasteiger partial charge in [0.1, 0.15) is 5.17 Å². The van der Waals surface area contributed by atoms with E-state index in [0.29, 0.717) is 5.56 Å². The number of halogens is 1. The van der Waals surface area contributed by atoms with Crippen molar-refractivity contribution in [2.45, 2.75) is 4.90 Å². The van der Waals surface area contributed by atoms with Gasteiger partial charge in [0.2, 0.25) is 0 Å². The summed E-state index contributed by atoms with van der Waals surface area (Å²) in [6, 6.07) is 7.24. The predicted octanol–water partition coefficient (Wildman–Crippen LogP) is 2.54. The minimum atomic E-state index is 0.0330. The predicted molar refractivity (Wildman–Crippen MR) is 46.4 cm³/mol. The van der Waals surface area contributed by atoms with Gasteiger partial charge in [-0.25, -0.2) is 0 Å². The molecule has 10 heavy (non-hydrogen) atoms. The summed E-state index contributed by atoms with van der Waals surface area (Å²) >= 11 is 9.55. The highest BCUT2D eigenvalue weighted by Crippen LogP contribution is 2.14. The second-order valence-electron chi connectivity index (χ2n) is 1.83. The van der Waals surface area contributed by atoms with Crippen LogP contribution in [0.15, 0.2) is 29.2 Å². The van der Waals surface area contributed by atoms with E-state index in [2.05, 4.69) is 12.6 Å². The lowest BCUT2D eigenvalue weighted by Gasteiger charge is -1.97. The standard InChI is InChI=1S/C7H6ClNS/c8-7(9)5-3-1-2-4-6(5)10/h1-4,9-10H. The molecule has 0 unspecified atom stereocenters. The Balaban J connectivity index is 3.15. The molecular weight excluding hydrogens is 166 g/mol. The maximum absolute atomic E-state index is 7.09. The van der Waals surface area contributed by atoms with Crippen molar-refractivity contribution in [1.82, 2.24) is 0 Å². The Hall–Kier alpha value is -0.470. The Morgan fingerprint density at radius 3 is 2.40 bits per heavy atom. The Labute approximate surface area is 69.9 Å². The van der Waals surface area contributed by atoms with E-state index in [-0.39, 0.29) is 5.17 Å². The van der Waals surface area contributed by atoms with Gasteiger partial charge in [0.25, 0.3) is 0 Å². The first-order valence-electron chi connectivity index (χ1n) is 2.74. The molecule has 0 aliphatic rings. The third-order valence-corrected chi connectivity index (χ3v) is 1.73. The molecule has 1 N–H and O–H groups in total. The summed E-state index contributed by atoms with van der Waals surface area (Å²) < 4.78 is 0. The summed E-state index contributed by atoms with van der Waals surface area (Å²) in [5, 5.41) is 7.13. The fourth-order valence-electron chi connectivity index (χ4n) is 0.659. The van der Waals surface area contributed by atoms with E-state index in [9.17, 15) is 0 Å². The molecule has 0 spiro atoms. The topological polar surface area (TPSA) is 23.9 Å². The first kappa shape index (κ1) is 7.63. The summed E-state index contributed by atoms with van der Waals surface area (Å²) in [6.07, 6.45) is 0. The van der Waals surface area contributed by atoms with Gasteiger partial charge in [-0.15, -0.1) is 12.6 Å². The average Bonchev–Trinajstić information content (AvgIpc) is 1.88. The second kappa shape index (κ2) is 3.08. The lowest BCUT2D eigenvalue weighted by Crippen LogP contribution is -1.88. The van der Waals surface area contributed by atoms with E-state index in [1.165, 1.54) is 0 Å². The van der Waals surface area contributed by atoms with E-state index >= 15 is 0 Å². The average molecular weight is 172 g/mol. The maximum atomic E-state index is 7.09. The smallest absolute Gasteiger partial charge is 0.129 e. The number of nitrogens with one attached hydrogen (secondary N) is 1. The highest BCUT2D eigenvalue weighted by molar-refractivity contribution is 7.80. The Morgan fingerprint density at radius 1 is 1.40 bits per heavy atom. The lowest BCUT2D eigenvalue weighted by atomic mass is 10.2. The van der Waals surface area contributed by atoms with Crippen molar-refractivity contribution in [1.29, 1.82) is 5.41 Å². The van der Waals surface area contributed by atoms with Crippen LogP contribution in [0, 0.1) is 5.41 Å². The minimum Gasteiger partial charge on any atom is -0.289 e. The lowest BCUT2D eigenvalue weighted by molar-refractivity contribution is 1.41. The molecule has 0 aliphatic carbocycles. The second-order valence-corrected chi connectivity index (χ2v) is 2.69. The van der Waals surface area contributed by atoms with Crippen LogP contribution in [0.5, 0.6) is 0 Å². The number of thiol groups is 1. The van der Waals surface area contributed by atoms with Crippen molar-refractivity contribution in [3.8, 4) is 0 Å². The molecular formula is C7H6ClNS. The quantitative estimate of drug-likeness (QED) is 0.480. The molecule has 1 aromatic carbocycles. The largest absolute Gasteiger partial charge is 0.289 e. The number of benzene rings is 1. The molecule has 0 saturated heterocycles. The van der Waals surface area contributed by atoms with Gasteiger partial charge in [-0.1, -0.05) is 29.8 Å². The molecule has 0 atom stereocenters. The van der Waals surface area contributed by atoms with Crippen LogP contribution in [0.2, 0.25) is 0 Å². The van der Waals surface area contributed by atoms with Crippen LogP contribution >= 0.6 is 24.2 Å². The van der Waals surface area contributed by atoms with Crippen LogP contribution in [0.4, 0.5) is 0 Å². The van der Waals surface area contributed by atoms with Gasteiger partial charge < -0.3 is 0 Å². The van der Waals surface area contributed by atoms with Gasteiger partial charge >= 0.3 is 0 Å². The van der Waals surface area contributed by atoms with Crippen LogP contribution in [-0.2, 0) is 0 Å². The number of rotatable bonds is 1. The molecule has 0 bridgehead atoms. The van der Waals surface area contributed by atoms with Gasteiger partial charge in [-0.2, -0.15) is 0 Å². The maximum Gasteiger partial charge on any atom is 0.129 e. The molecule has 1 nitrogen and oxygen atoms in total. The zero-order chi connectivity index (χ0) is 7.56. The summed E-state index contributed by atoms with van der Waals surface area (Å²) in [5.74, 6) is 0. The van der Waals surface area contributed by atoms with Crippen LogP contribution < -0.4 is 0 Å². The highest BCUT2D eigenvalue weighted by atomic mass is 35.5. The van der Waals surface area contributed by atoms with Gasteiger partial charge in [0, 0.05) is 10.5 Å². The van der Waals surface area contributed by atoms with E-state index in [0.717, 1.165) is 4.90 Å². The zero-order valence-electron chi connectivity index (χ0n) is 5.13. The fourth-order valence-corrected chi connectivity index (χ4v) is 1.16. The monoisotopic (exact) mass is 171 g/mol. The van der Waals surface area contributed by atoms with Crippen molar-refractivity contribution in [3.63, 3.8) is 0 Å². The molecule has 3 heteroatoms. The van der Waals surface area contributed by atoms with Crippen LogP contribution in [0.3, 0.4) is 0 Å². The minimum absolute atomic E-state index is 0.0330. The van der Waals surface area contributed by atoms with Crippen molar-refractivity contribution < 1.29 is 0 Å². The molecule has 0 amide bonds. The van der Waals surface area contributed by atoms with Crippen molar-refractivity contribution >= 4 is 29.4 Å². The molecule has 0 saturated carbocycles. The van der Waals surface area contributed by atoms with E-state index in [1.807, 2.05) is 12.1 Å². The fraction of sp³-hybridized carbons (Fsp3) is 0. The summed E-state index contributed by atoms with van der Waals surface area (Å²) in [5.41, 5.74) is 0.674. The third kappa shape index (κ3) is 1.52. The van der Waals surface area contributed by atoms with Crippen molar-refractivity contribution in [2.24, 2.45) is 0 Å². The molecule has 1 aromatic rings. The molecule has 0 aliphatic heterocycles. The SMILES string of the molecule is N=C(Cl)c1ccccc1S. The van der Waals surface area contributed by atoms with Gasteiger partial charge in [0.05, 0.1) is 0 Å². The first-order chi connectivity index (χ1) is 4.72. The van der Waals surface area contributed by atoms with Crippen LogP contribution in [0.1, 0.15) is 5.56 Å². The van der Waals surface area contributed by atoms with Crippen molar-refractivity contribution in [2.75, 3.05) is 0 Å². The van der Waals surface area contributed by atoms with E-state index in [1.54, 1.807) is 12.1 Å². The molecule has 0 fully saturated rings. The normalized spacial score (nSPS) is 9.40. The molecule has 52 valence electrons. The van der Waals surface area contributed by atoms with E-state index < -0.39 is 0 Å².